The van der Waals surface area contributed by atoms with Crippen LogP contribution in [0.25, 0.3) is 11.4 Å². The number of amides is 1. The predicted molar refractivity (Wildman–Crippen MR) is 106 cm³/mol. The van der Waals surface area contributed by atoms with Crippen LogP contribution in [0.3, 0.4) is 0 Å². The topological polar surface area (TPSA) is 66.9 Å². The van der Waals surface area contributed by atoms with Crippen molar-refractivity contribution in [3.8, 4) is 11.4 Å². The van der Waals surface area contributed by atoms with Gasteiger partial charge in [-0.3, -0.25) is 4.79 Å². The van der Waals surface area contributed by atoms with E-state index in [1.54, 1.807) is 36.4 Å². The van der Waals surface area contributed by atoms with Crippen LogP contribution in [-0.4, -0.2) is 22.4 Å². The van der Waals surface area contributed by atoms with Gasteiger partial charge in [-0.2, -0.15) is 0 Å². The van der Waals surface area contributed by atoms with E-state index in [4.69, 9.17) is 11.6 Å². The molecule has 0 aliphatic heterocycles. The molecule has 0 saturated carbocycles. The van der Waals surface area contributed by atoms with E-state index in [0.717, 1.165) is 5.56 Å². The van der Waals surface area contributed by atoms with E-state index in [1.807, 2.05) is 30.3 Å². The van der Waals surface area contributed by atoms with Crippen LogP contribution in [0, 0.1) is 0 Å². The summed E-state index contributed by atoms with van der Waals surface area (Å²) in [5, 5.41) is 6.52. The zero-order chi connectivity index (χ0) is 18.4. The summed E-state index contributed by atoms with van der Waals surface area (Å²) in [6.45, 7) is 4.21. The van der Waals surface area contributed by atoms with Crippen molar-refractivity contribution in [1.29, 1.82) is 0 Å². The fraction of sp³-hybridized carbons (Fsp3) is 0.0500. The van der Waals surface area contributed by atoms with E-state index < -0.39 is 0 Å². The molecule has 0 aliphatic rings. The first-order valence-corrected chi connectivity index (χ1v) is 8.39. The minimum absolute atomic E-state index is 0.264. The van der Waals surface area contributed by atoms with E-state index in [9.17, 15) is 4.79 Å². The van der Waals surface area contributed by atoms with Gasteiger partial charge in [-0.25, -0.2) is 9.97 Å². The van der Waals surface area contributed by atoms with Gasteiger partial charge in [0, 0.05) is 28.9 Å². The summed E-state index contributed by atoms with van der Waals surface area (Å²) >= 11 is 5.87. The zero-order valence-electron chi connectivity index (χ0n) is 13.9. The van der Waals surface area contributed by atoms with Crippen LogP contribution < -0.4 is 10.6 Å². The van der Waals surface area contributed by atoms with Gasteiger partial charge in [-0.05, 0) is 24.3 Å². The minimum Gasteiger partial charge on any atom is -0.366 e. The van der Waals surface area contributed by atoms with Gasteiger partial charge in [0.25, 0.3) is 5.91 Å². The molecule has 3 rings (SSSR count). The van der Waals surface area contributed by atoms with Gasteiger partial charge in [0.15, 0.2) is 5.82 Å². The second-order valence-corrected chi connectivity index (χ2v) is 5.90. The fourth-order valence-corrected chi connectivity index (χ4v) is 2.40. The molecule has 0 atom stereocenters. The van der Waals surface area contributed by atoms with Crippen LogP contribution in [0.15, 0.2) is 73.3 Å². The highest BCUT2D eigenvalue weighted by molar-refractivity contribution is 6.30. The second kappa shape index (κ2) is 8.27. The number of hydrogen-bond donors (Lipinski definition) is 2. The smallest absolute Gasteiger partial charge is 0.274 e. The Morgan fingerprint density at radius 1 is 1.08 bits per heavy atom. The average Bonchev–Trinajstić information content (AvgIpc) is 2.68. The lowest BCUT2D eigenvalue weighted by Crippen LogP contribution is -2.15. The van der Waals surface area contributed by atoms with Gasteiger partial charge in [0.2, 0.25) is 0 Å². The molecule has 3 aromatic rings. The number of anilines is 2. The third kappa shape index (κ3) is 4.46. The molecule has 6 heteroatoms. The van der Waals surface area contributed by atoms with Crippen molar-refractivity contribution in [3.63, 3.8) is 0 Å². The maximum Gasteiger partial charge on any atom is 0.274 e. The summed E-state index contributed by atoms with van der Waals surface area (Å²) in [7, 11) is 0. The largest absolute Gasteiger partial charge is 0.366 e. The number of nitrogens with one attached hydrogen (secondary N) is 2. The zero-order valence-corrected chi connectivity index (χ0v) is 14.7. The van der Waals surface area contributed by atoms with Crippen molar-refractivity contribution < 1.29 is 4.79 Å². The number of halogens is 1. The van der Waals surface area contributed by atoms with Gasteiger partial charge >= 0.3 is 0 Å². The van der Waals surface area contributed by atoms with Crippen molar-refractivity contribution in [1.82, 2.24) is 9.97 Å². The number of rotatable bonds is 6. The molecule has 0 radical (unpaired) electrons. The minimum atomic E-state index is -0.325. The Bertz CT molecular complexity index is 911. The number of carbonyl (C=O) groups excluding carboxylic acids is 1. The third-order valence-corrected chi connectivity index (χ3v) is 3.77. The van der Waals surface area contributed by atoms with Gasteiger partial charge in [-0.1, -0.05) is 48.0 Å². The normalized spacial score (nSPS) is 10.2. The van der Waals surface area contributed by atoms with Crippen LogP contribution in [0.1, 0.15) is 10.5 Å². The Labute approximate surface area is 156 Å². The standard InChI is InChI=1S/C20H17ClN4O/c1-2-12-22-18-13-17(20(26)23-16-10-8-15(21)9-11-16)24-19(25-18)14-6-4-3-5-7-14/h2-11,13H,1,12H2,(H,23,26)(H,22,24,25). The van der Waals surface area contributed by atoms with Crippen molar-refractivity contribution in [2.75, 3.05) is 17.2 Å². The molecule has 1 amide bonds. The van der Waals surface area contributed by atoms with Crippen LogP contribution >= 0.6 is 11.6 Å². The molecule has 1 aromatic heterocycles. The number of aromatic nitrogens is 2. The molecule has 0 saturated heterocycles. The molecule has 0 aliphatic carbocycles. The van der Waals surface area contributed by atoms with Crippen molar-refractivity contribution in [2.45, 2.75) is 0 Å². The summed E-state index contributed by atoms with van der Waals surface area (Å²) in [5.41, 5.74) is 1.73. The molecule has 0 fully saturated rings. The number of carbonyl (C=O) groups is 1. The molecule has 1 heterocycles. The molecule has 2 aromatic carbocycles. The number of nitrogens with zero attached hydrogens (tertiary/aromatic N) is 2. The summed E-state index contributed by atoms with van der Waals surface area (Å²) in [4.78, 5) is 21.5. The number of hydrogen-bond acceptors (Lipinski definition) is 4. The van der Waals surface area contributed by atoms with Crippen molar-refractivity contribution in [3.05, 3.63) is 84.0 Å². The van der Waals surface area contributed by atoms with Crippen LogP contribution in [-0.2, 0) is 0 Å². The Balaban J connectivity index is 1.92. The maximum atomic E-state index is 12.6. The maximum absolute atomic E-state index is 12.6. The highest BCUT2D eigenvalue weighted by atomic mass is 35.5. The molecule has 5 nitrogen and oxygen atoms in total. The summed E-state index contributed by atoms with van der Waals surface area (Å²) < 4.78 is 0. The first-order chi connectivity index (χ1) is 12.7. The van der Waals surface area contributed by atoms with Gasteiger partial charge < -0.3 is 10.6 Å². The van der Waals surface area contributed by atoms with Crippen molar-refractivity contribution in [2.24, 2.45) is 0 Å². The van der Waals surface area contributed by atoms with Crippen LogP contribution in [0.4, 0.5) is 11.5 Å². The molecule has 130 valence electrons. The molecule has 0 spiro atoms. The van der Waals surface area contributed by atoms with E-state index in [0.29, 0.717) is 28.9 Å². The Morgan fingerprint density at radius 3 is 2.50 bits per heavy atom. The van der Waals surface area contributed by atoms with Crippen LogP contribution in [0.5, 0.6) is 0 Å². The van der Waals surface area contributed by atoms with Gasteiger partial charge in [-0.15, -0.1) is 6.58 Å². The number of benzene rings is 2. The quantitative estimate of drug-likeness (QED) is 0.625. The molecule has 0 bridgehead atoms. The SMILES string of the molecule is C=CCNc1cc(C(=O)Nc2ccc(Cl)cc2)nc(-c2ccccc2)n1. The molecule has 2 N–H and O–H groups in total. The highest BCUT2D eigenvalue weighted by Crippen LogP contribution is 2.19. The summed E-state index contributed by atoms with van der Waals surface area (Å²) in [5.74, 6) is 0.703. The van der Waals surface area contributed by atoms with E-state index in [2.05, 4.69) is 27.2 Å². The monoisotopic (exact) mass is 364 g/mol. The lowest BCUT2D eigenvalue weighted by Gasteiger charge is -2.10. The van der Waals surface area contributed by atoms with E-state index in [-0.39, 0.29) is 11.6 Å². The molecule has 0 unspecified atom stereocenters. The Hall–Kier alpha value is -3.18. The molecular weight excluding hydrogens is 348 g/mol. The van der Waals surface area contributed by atoms with Crippen molar-refractivity contribution >= 4 is 29.0 Å². The molecular formula is C20H17ClN4O. The second-order valence-electron chi connectivity index (χ2n) is 5.46. The van der Waals surface area contributed by atoms with Crippen LogP contribution in [0.2, 0.25) is 5.02 Å². The first-order valence-electron chi connectivity index (χ1n) is 8.02. The lowest BCUT2D eigenvalue weighted by atomic mass is 10.2. The summed E-state index contributed by atoms with van der Waals surface area (Å²) in [6, 6.07) is 18.0. The summed E-state index contributed by atoms with van der Waals surface area (Å²) in [6.07, 6.45) is 1.72. The fourth-order valence-electron chi connectivity index (χ4n) is 2.28. The Morgan fingerprint density at radius 2 is 1.81 bits per heavy atom. The average molecular weight is 365 g/mol. The first kappa shape index (κ1) is 17.6. The molecule has 26 heavy (non-hydrogen) atoms. The third-order valence-electron chi connectivity index (χ3n) is 3.52. The van der Waals surface area contributed by atoms with E-state index >= 15 is 0 Å². The van der Waals surface area contributed by atoms with Gasteiger partial charge in [0.05, 0.1) is 0 Å². The predicted octanol–water partition coefficient (Wildman–Crippen LogP) is 4.65. The van der Waals surface area contributed by atoms with E-state index in [1.165, 1.54) is 0 Å². The highest BCUT2D eigenvalue weighted by Gasteiger charge is 2.13. The Kier molecular flexibility index (Phi) is 5.61. The lowest BCUT2D eigenvalue weighted by molar-refractivity contribution is 0.102. The van der Waals surface area contributed by atoms with Gasteiger partial charge in [0.1, 0.15) is 11.5 Å².